The van der Waals surface area contributed by atoms with Crippen molar-refractivity contribution >= 4 is 15.8 Å². The maximum atomic E-state index is 11.6. The first kappa shape index (κ1) is 17.9. The van der Waals surface area contributed by atoms with Crippen molar-refractivity contribution in [3.63, 3.8) is 0 Å². The topological polar surface area (TPSA) is 74.7 Å². The molecule has 5 nitrogen and oxygen atoms in total. The third kappa shape index (κ3) is 6.71. The van der Waals surface area contributed by atoms with E-state index in [0.717, 1.165) is 32.4 Å². The molecule has 0 aromatic heterocycles. The van der Waals surface area contributed by atoms with E-state index in [1.807, 2.05) is 6.07 Å². The summed E-state index contributed by atoms with van der Waals surface area (Å²) in [5.74, 6) is -1.40. The second-order valence-corrected chi connectivity index (χ2v) is 8.48. The molecule has 1 aliphatic heterocycles. The number of aliphatic carboxylic acids is 1. The minimum Gasteiger partial charge on any atom is -0.480 e. The van der Waals surface area contributed by atoms with Crippen molar-refractivity contribution in [1.29, 1.82) is 0 Å². The summed E-state index contributed by atoms with van der Waals surface area (Å²) in [7, 11) is -3.48. The second kappa shape index (κ2) is 8.45. The standard InChI is InChI=1S/C17H25NO4S/c19-17(20)14-23(21,22)13-12-18-10-8-16(9-11-18)7-6-15-4-2-1-3-5-15/h1-5,16H,6-14H2,(H,19,20). The number of sulfone groups is 1. The van der Waals surface area contributed by atoms with Gasteiger partial charge in [-0.2, -0.15) is 0 Å². The van der Waals surface area contributed by atoms with Crippen LogP contribution < -0.4 is 0 Å². The molecule has 0 saturated carbocycles. The zero-order valence-corrected chi connectivity index (χ0v) is 14.2. The fourth-order valence-electron chi connectivity index (χ4n) is 3.04. The van der Waals surface area contributed by atoms with Crippen LogP contribution in [0.4, 0.5) is 0 Å². The van der Waals surface area contributed by atoms with Crippen molar-refractivity contribution in [3.05, 3.63) is 35.9 Å². The summed E-state index contributed by atoms with van der Waals surface area (Å²) in [4.78, 5) is 12.6. The Morgan fingerprint density at radius 3 is 2.43 bits per heavy atom. The van der Waals surface area contributed by atoms with Crippen molar-refractivity contribution < 1.29 is 18.3 Å². The molecule has 1 heterocycles. The predicted octanol–water partition coefficient (Wildman–Crippen LogP) is 1.83. The molecule has 1 saturated heterocycles. The lowest BCUT2D eigenvalue weighted by atomic mass is 9.90. The minimum absolute atomic E-state index is 0.0615. The first-order valence-electron chi connectivity index (χ1n) is 8.13. The van der Waals surface area contributed by atoms with Crippen molar-refractivity contribution in [2.45, 2.75) is 25.7 Å². The van der Waals surface area contributed by atoms with E-state index in [-0.39, 0.29) is 5.75 Å². The van der Waals surface area contributed by atoms with E-state index >= 15 is 0 Å². The van der Waals surface area contributed by atoms with Crippen molar-refractivity contribution in [2.75, 3.05) is 31.1 Å². The Labute approximate surface area is 138 Å². The van der Waals surface area contributed by atoms with Gasteiger partial charge in [0.15, 0.2) is 9.84 Å². The Kier molecular flexibility index (Phi) is 6.59. The number of piperidine rings is 1. The summed E-state index contributed by atoms with van der Waals surface area (Å²) in [5, 5.41) is 8.58. The Balaban J connectivity index is 1.67. The Morgan fingerprint density at radius 1 is 1.17 bits per heavy atom. The first-order valence-corrected chi connectivity index (χ1v) is 9.95. The SMILES string of the molecule is O=C(O)CS(=O)(=O)CCN1CCC(CCc2ccccc2)CC1. The van der Waals surface area contributed by atoms with Gasteiger partial charge in [0.2, 0.25) is 0 Å². The lowest BCUT2D eigenvalue weighted by Crippen LogP contribution is -2.37. The van der Waals surface area contributed by atoms with Crippen LogP contribution in [0.3, 0.4) is 0 Å². The van der Waals surface area contributed by atoms with Gasteiger partial charge >= 0.3 is 5.97 Å². The van der Waals surface area contributed by atoms with Crippen LogP contribution in [0.1, 0.15) is 24.8 Å². The van der Waals surface area contributed by atoms with E-state index in [9.17, 15) is 13.2 Å². The van der Waals surface area contributed by atoms with Crippen LogP contribution in [-0.2, 0) is 21.1 Å². The molecule has 0 spiro atoms. The number of aryl methyl sites for hydroxylation is 1. The highest BCUT2D eigenvalue weighted by Gasteiger charge is 2.22. The third-order valence-corrected chi connectivity index (χ3v) is 5.94. The summed E-state index contributed by atoms with van der Waals surface area (Å²) in [6, 6.07) is 10.5. The lowest BCUT2D eigenvalue weighted by Gasteiger charge is -2.31. The van der Waals surface area contributed by atoms with Crippen molar-refractivity contribution in [2.24, 2.45) is 5.92 Å². The van der Waals surface area contributed by atoms with E-state index in [1.54, 1.807) is 0 Å². The number of hydrogen-bond acceptors (Lipinski definition) is 4. The molecule has 0 radical (unpaired) electrons. The van der Waals surface area contributed by atoms with Gasteiger partial charge in [-0.05, 0) is 50.3 Å². The summed E-state index contributed by atoms with van der Waals surface area (Å²) in [6.45, 7) is 2.26. The monoisotopic (exact) mass is 339 g/mol. The molecular formula is C17H25NO4S. The maximum Gasteiger partial charge on any atom is 0.318 e. The summed E-state index contributed by atoms with van der Waals surface area (Å²) < 4.78 is 23.2. The second-order valence-electron chi connectivity index (χ2n) is 6.30. The molecule has 1 aromatic rings. The number of rotatable bonds is 8. The number of carbonyl (C=O) groups is 1. The van der Waals surface area contributed by atoms with Gasteiger partial charge in [-0.25, -0.2) is 8.42 Å². The molecule has 2 rings (SSSR count). The Hall–Kier alpha value is -1.40. The number of likely N-dealkylation sites (tertiary alicyclic amines) is 1. The zero-order chi connectivity index (χ0) is 16.7. The number of carboxylic acids is 1. The van der Waals surface area contributed by atoms with E-state index in [0.29, 0.717) is 12.5 Å². The smallest absolute Gasteiger partial charge is 0.318 e. The minimum atomic E-state index is -3.48. The van der Waals surface area contributed by atoms with Gasteiger partial charge in [0.1, 0.15) is 5.75 Å². The first-order chi connectivity index (χ1) is 10.9. The Bertz CT molecular complexity index is 592. The van der Waals surface area contributed by atoms with Crippen LogP contribution in [0.5, 0.6) is 0 Å². The van der Waals surface area contributed by atoms with Gasteiger partial charge < -0.3 is 10.0 Å². The number of carboxylic acid groups (broad SMARTS) is 1. The summed E-state index contributed by atoms with van der Waals surface area (Å²) >= 11 is 0. The predicted molar refractivity (Wildman–Crippen MR) is 90.2 cm³/mol. The van der Waals surface area contributed by atoms with Crippen LogP contribution in [0.2, 0.25) is 0 Å². The quantitative estimate of drug-likeness (QED) is 0.782. The highest BCUT2D eigenvalue weighted by molar-refractivity contribution is 7.92. The fraction of sp³-hybridized carbons (Fsp3) is 0.588. The molecule has 0 aliphatic carbocycles. The van der Waals surface area contributed by atoms with E-state index in [2.05, 4.69) is 29.2 Å². The number of nitrogens with zero attached hydrogens (tertiary/aromatic N) is 1. The fourth-order valence-corrected chi connectivity index (χ4v) is 4.10. The van der Waals surface area contributed by atoms with Crippen LogP contribution >= 0.6 is 0 Å². The molecule has 128 valence electrons. The summed E-state index contributed by atoms with van der Waals surface area (Å²) in [5.41, 5.74) is 1.37. The molecule has 1 N–H and O–H groups in total. The van der Waals surface area contributed by atoms with Gasteiger partial charge in [0, 0.05) is 6.54 Å². The molecule has 23 heavy (non-hydrogen) atoms. The van der Waals surface area contributed by atoms with Gasteiger partial charge in [0.25, 0.3) is 0 Å². The normalized spacial score (nSPS) is 17.2. The highest BCUT2D eigenvalue weighted by Crippen LogP contribution is 2.22. The third-order valence-electron chi connectivity index (χ3n) is 4.45. The zero-order valence-electron chi connectivity index (χ0n) is 13.4. The average molecular weight is 339 g/mol. The maximum absolute atomic E-state index is 11.6. The van der Waals surface area contributed by atoms with E-state index < -0.39 is 21.6 Å². The van der Waals surface area contributed by atoms with Crippen molar-refractivity contribution in [1.82, 2.24) is 4.90 Å². The lowest BCUT2D eigenvalue weighted by molar-refractivity contribution is -0.134. The highest BCUT2D eigenvalue weighted by atomic mass is 32.2. The van der Waals surface area contributed by atoms with Gasteiger partial charge in [0.05, 0.1) is 5.75 Å². The molecule has 1 fully saturated rings. The molecule has 0 bridgehead atoms. The molecule has 0 atom stereocenters. The largest absolute Gasteiger partial charge is 0.480 e. The van der Waals surface area contributed by atoms with E-state index in [4.69, 9.17) is 5.11 Å². The molecule has 1 aliphatic rings. The van der Waals surface area contributed by atoms with Crippen LogP contribution in [0.15, 0.2) is 30.3 Å². The Morgan fingerprint density at radius 2 is 1.83 bits per heavy atom. The average Bonchev–Trinajstić information content (AvgIpc) is 2.52. The van der Waals surface area contributed by atoms with Crippen LogP contribution in [-0.4, -0.2) is 55.5 Å². The molecule has 0 unspecified atom stereocenters. The van der Waals surface area contributed by atoms with Gasteiger partial charge in [-0.15, -0.1) is 0 Å². The van der Waals surface area contributed by atoms with Crippen LogP contribution in [0, 0.1) is 5.92 Å². The molecular weight excluding hydrogens is 314 g/mol. The van der Waals surface area contributed by atoms with Gasteiger partial charge in [-0.1, -0.05) is 30.3 Å². The van der Waals surface area contributed by atoms with Gasteiger partial charge in [-0.3, -0.25) is 4.79 Å². The molecule has 6 heteroatoms. The van der Waals surface area contributed by atoms with Crippen molar-refractivity contribution in [3.8, 4) is 0 Å². The molecule has 1 aromatic carbocycles. The van der Waals surface area contributed by atoms with E-state index in [1.165, 1.54) is 12.0 Å². The summed E-state index contributed by atoms with van der Waals surface area (Å²) in [6.07, 6.45) is 4.45. The van der Waals surface area contributed by atoms with Crippen LogP contribution in [0.25, 0.3) is 0 Å². The number of hydrogen-bond donors (Lipinski definition) is 1. The number of benzene rings is 1. The molecule has 0 amide bonds.